The molecule has 1 aromatic heterocycles. The Morgan fingerprint density at radius 2 is 1.95 bits per heavy atom. The second-order valence-corrected chi connectivity index (χ2v) is 4.45. The van der Waals surface area contributed by atoms with Crippen molar-refractivity contribution in [1.29, 1.82) is 0 Å². The predicted molar refractivity (Wildman–Crippen MR) is 73.3 cm³/mol. The van der Waals surface area contributed by atoms with E-state index in [0.29, 0.717) is 24.9 Å². The fraction of sp³-hybridized carbons (Fsp3) is 0.462. The Hall–Kier alpha value is -2.11. The van der Waals surface area contributed by atoms with Crippen LogP contribution in [0.4, 0.5) is 11.5 Å². The number of amides is 1. The van der Waals surface area contributed by atoms with E-state index in [9.17, 15) is 9.59 Å². The first-order valence-corrected chi connectivity index (χ1v) is 6.14. The van der Waals surface area contributed by atoms with Gasteiger partial charge in [-0.1, -0.05) is 0 Å². The van der Waals surface area contributed by atoms with E-state index >= 15 is 0 Å². The average Bonchev–Trinajstić information content (AvgIpc) is 2.35. The summed E-state index contributed by atoms with van der Waals surface area (Å²) in [6, 6.07) is 3.61. The van der Waals surface area contributed by atoms with Crippen LogP contribution in [-0.4, -0.2) is 36.1 Å². The van der Waals surface area contributed by atoms with E-state index in [1.54, 1.807) is 12.3 Å². The zero-order valence-corrected chi connectivity index (χ0v) is 11.2. The quantitative estimate of drug-likeness (QED) is 0.734. The number of anilines is 2. The largest absolute Gasteiger partial charge is 0.481 e. The van der Waals surface area contributed by atoms with Gasteiger partial charge in [-0.15, -0.1) is 0 Å². The summed E-state index contributed by atoms with van der Waals surface area (Å²) in [6.07, 6.45) is 3.11. The van der Waals surface area contributed by atoms with Gasteiger partial charge < -0.3 is 15.3 Å². The molecule has 0 aliphatic heterocycles. The van der Waals surface area contributed by atoms with Crippen LogP contribution in [0.3, 0.4) is 0 Å². The number of hydrogen-bond donors (Lipinski definition) is 2. The zero-order chi connectivity index (χ0) is 14.3. The van der Waals surface area contributed by atoms with Crippen molar-refractivity contribution in [3.63, 3.8) is 0 Å². The van der Waals surface area contributed by atoms with E-state index in [1.165, 1.54) is 0 Å². The molecule has 2 N–H and O–H groups in total. The maximum Gasteiger partial charge on any atom is 0.303 e. The van der Waals surface area contributed by atoms with Crippen LogP contribution in [0.15, 0.2) is 18.3 Å². The van der Waals surface area contributed by atoms with Gasteiger partial charge in [0, 0.05) is 26.9 Å². The van der Waals surface area contributed by atoms with Crippen molar-refractivity contribution in [1.82, 2.24) is 4.98 Å². The van der Waals surface area contributed by atoms with Crippen LogP contribution < -0.4 is 10.2 Å². The van der Waals surface area contributed by atoms with Gasteiger partial charge >= 0.3 is 5.97 Å². The summed E-state index contributed by atoms with van der Waals surface area (Å²) in [5.74, 6) is -0.131. The molecule has 6 nitrogen and oxygen atoms in total. The monoisotopic (exact) mass is 265 g/mol. The number of carbonyl (C=O) groups is 2. The first kappa shape index (κ1) is 14.9. The van der Waals surface area contributed by atoms with E-state index in [-0.39, 0.29) is 12.3 Å². The van der Waals surface area contributed by atoms with Crippen LogP contribution >= 0.6 is 0 Å². The lowest BCUT2D eigenvalue weighted by Crippen LogP contribution is -2.13. The molecule has 1 amide bonds. The van der Waals surface area contributed by atoms with Crippen molar-refractivity contribution in [2.24, 2.45) is 0 Å². The van der Waals surface area contributed by atoms with Gasteiger partial charge in [0.2, 0.25) is 5.91 Å². The van der Waals surface area contributed by atoms with Gasteiger partial charge in [0.15, 0.2) is 0 Å². The Balaban J connectivity index is 2.33. The minimum atomic E-state index is -0.830. The van der Waals surface area contributed by atoms with Crippen LogP contribution in [0.5, 0.6) is 0 Å². The van der Waals surface area contributed by atoms with Crippen molar-refractivity contribution in [2.75, 3.05) is 24.3 Å². The number of rotatable bonds is 7. The van der Waals surface area contributed by atoms with Gasteiger partial charge in [0.25, 0.3) is 0 Å². The lowest BCUT2D eigenvalue weighted by Gasteiger charge is -2.11. The Labute approximate surface area is 112 Å². The van der Waals surface area contributed by atoms with Gasteiger partial charge in [-0.2, -0.15) is 0 Å². The molecule has 104 valence electrons. The number of carboxylic acid groups (broad SMARTS) is 1. The third-order valence-electron chi connectivity index (χ3n) is 2.53. The first-order valence-electron chi connectivity index (χ1n) is 6.14. The number of hydrogen-bond acceptors (Lipinski definition) is 4. The number of nitrogens with zero attached hydrogens (tertiary/aromatic N) is 2. The third kappa shape index (κ3) is 5.85. The summed E-state index contributed by atoms with van der Waals surface area (Å²) < 4.78 is 0. The first-order chi connectivity index (χ1) is 8.99. The van der Waals surface area contributed by atoms with Crippen LogP contribution in [-0.2, 0) is 9.59 Å². The molecular formula is C13H19N3O3. The molecule has 0 aliphatic carbocycles. The van der Waals surface area contributed by atoms with Gasteiger partial charge in [0.1, 0.15) is 5.82 Å². The highest BCUT2D eigenvalue weighted by Crippen LogP contribution is 2.12. The summed E-state index contributed by atoms with van der Waals surface area (Å²) in [4.78, 5) is 27.9. The maximum absolute atomic E-state index is 11.6. The molecule has 0 aromatic carbocycles. The molecule has 1 rings (SSSR count). The van der Waals surface area contributed by atoms with E-state index < -0.39 is 5.97 Å². The molecule has 0 aliphatic rings. The van der Waals surface area contributed by atoms with E-state index in [2.05, 4.69) is 10.3 Å². The van der Waals surface area contributed by atoms with Gasteiger partial charge in [-0.3, -0.25) is 9.59 Å². The third-order valence-corrected chi connectivity index (χ3v) is 2.53. The van der Waals surface area contributed by atoms with Crippen molar-refractivity contribution < 1.29 is 14.7 Å². The summed E-state index contributed by atoms with van der Waals surface area (Å²) >= 11 is 0. The highest BCUT2D eigenvalue weighted by molar-refractivity contribution is 5.90. The Morgan fingerprint density at radius 3 is 2.47 bits per heavy atom. The fourth-order valence-corrected chi connectivity index (χ4v) is 1.51. The Kier molecular flexibility index (Phi) is 5.78. The number of nitrogens with one attached hydrogen (secondary N) is 1. The van der Waals surface area contributed by atoms with E-state index in [4.69, 9.17) is 5.11 Å². The van der Waals surface area contributed by atoms with Gasteiger partial charge in [-0.25, -0.2) is 4.98 Å². The molecular weight excluding hydrogens is 246 g/mol. The number of aromatic nitrogens is 1. The molecule has 0 radical (unpaired) electrons. The summed E-state index contributed by atoms with van der Waals surface area (Å²) in [5, 5.41) is 11.2. The standard InChI is InChI=1S/C13H19N3O3/c1-16(2)11-8-7-10(9-14-11)15-12(17)5-3-4-6-13(18)19/h7-9H,3-6H2,1-2H3,(H,15,17)(H,18,19). The fourth-order valence-electron chi connectivity index (χ4n) is 1.51. The lowest BCUT2D eigenvalue weighted by molar-refractivity contribution is -0.137. The highest BCUT2D eigenvalue weighted by atomic mass is 16.4. The average molecular weight is 265 g/mol. The van der Waals surface area contributed by atoms with Crippen LogP contribution in [0.25, 0.3) is 0 Å². The van der Waals surface area contributed by atoms with Crippen molar-refractivity contribution in [2.45, 2.75) is 25.7 Å². The summed E-state index contributed by atoms with van der Waals surface area (Å²) in [6.45, 7) is 0. The molecule has 0 unspecified atom stereocenters. The molecule has 0 saturated carbocycles. The molecule has 1 heterocycles. The Morgan fingerprint density at radius 1 is 1.26 bits per heavy atom. The van der Waals surface area contributed by atoms with E-state index in [1.807, 2.05) is 25.1 Å². The Bertz CT molecular complexity index is 429. The van der Waals surface area contributed by atoms with Gasteiger partial charge in [-0.05, 0) is 25.0 Å². The molecule has 0 atom stereocenters. The number of carboxylic acids is 1. The predicted octanol–water partition coefficient (Wildman–Crippen LogP) is 1.73. The number of unbranched alkanes of at least 4 members (excludes halogenated alkanes) is 1. The van der Waals surface area contributed by atoms with Crippen molar-refractivity contribution in [3.05, 3.63) is 18.3 Å². The molecule has 6 heteroatoms. The van der Waals surface area contributed by atoms with Gasteiger partial charge in [0.05, 0.1) is 11.9 Å². The summed E-state index contributed by atoms with van der Waals surface area (Å²) in [5.41, 5.74) is 0.647. The molecule has 1 aromatic rings. The molecule has 0 saturated heterocycles. The maximum atomic E-state index is 11.6. The second-order valence-electron chi connectivity index (χ2n) is 4.45. The molecule has 0 fully saturated rings. The second kappa shape index (κ2) is 7.35. The SMILES string of the molecule is CN(C)c1ccc(NC(=O)CCCCC(=O)O)cn1. The molecule has 0 bridgehead atoms. The minimum absolute atomic E-state index is 0.104. The number of pyridine rings is 1. The topological polar surface area (TPSA) is 82.5 Å². The van der Waals surface area contributed by atoms with Crippen molar-refractivity contribution in [3.8, 4) is 0 Å². The van der Waals surface area contributed by atoms with Crippen molar-refractivity contribution >= 4 is 23.4 Å². The molecule has 19 heavy (non-hydrogen) atoms. The van der Waals surface area contributed by atoms with E-state index in [0.717, 1.165) is 5.82 Å². The summed E-state index contributed by atoms with van der Waals surface area (Å²) in [7, 11) is 3.78. The van der Waals surface area contributed by atoms with Crippen LogP contribution in [0.1, 0.15) is 25.7 Å². The smallest absolute Gasteiger partial charge is 0.303 e. The minimum Gasteiger partial charge on any atom is -0.481 e. The highest BCUT2D eigenvalue weighted by Gasteiger charge is 2.04. The zero-order valence-electron chi connectivity index (χ0n) is 11.2. The normalized spacial score (nSPS) is 10.0. The molecule has 0 spiro atoms. The number of aliphatic carboxylic acids is 1. The van der Waals surface area contributed by atoms with Crippen LogP contribution in [0.2, 0.25) is 0 Å². The number of carbonyl (C=O) groups excluding carboxylic acids is 1. The lowest BCUT2D eigenvalue weighted by atomic mass is 10.2. The van der Waals surface area contributed by atoms with Crippen LogP contribution in [0, 0.1) is 0 Å².